The number of hydrogen-bond acceptors (Lipinski definition) is 3. The molecule has 0 saturated heterocycles. The highest BCUT2D eigenvalue weighted by Gasteiger charge is 2.21. The van der Waals surface area contributed by atoms with Gasteiger partial charge in [0.05, 0.1) is 7.11 Å². The van der Waals surface area contributed by atoms with E-state index in [0.29, 0.717) is 6.42 Å². The van der Waals surface area contributed by atoms with Crippen molar-refractivity contribution in [1.82, 2.24) is 4.90 Å². The van der Waals surface area contributed by atoms with Crippen molar-refractivity contribution < 1.29 is 9.53 Å². The second-order valence-corrected chi connectivity index (χ2v) is 3.69. The lowest BCUT2D eigenvalue weighted by Gasteiger charge is -2.21. The molecule has 0 aliphatic rings. The maximum atomic E-state index is 11.5. The van der Waals surface area contributed by atoms with Gasteiger partial charge in [-0.25, -0.2) is 0 Å². The Hall–Kier alpha value is -1.35. The molecule has 15 heavy (non-hydrogen) atoms. The van der Waals surface area contributed by atoms with E-state index in [-0.39, 0.29) is 12.0 Å². The van der Waals surface area contributed by atoms with Gasteiger partial charge in [-0.1, -0.05) is 30.3 Å². The lowest BCUT2D eigenvalue weighted by molar-refractivity contribution is -0.145. The molecule has 3 nitrogen and oxygen atoms in total. The zero-order chi connectivity index (χ0) is 11.3. The summed E-state index contributed by atoms with van der Waals surface area (Å²) in [6, 6.07) is 9.72. The Morgan fingerprint density at radius 2 is 1.93 bits per heavy atom. The first-order chi connectivity index (χ1) is 7.15. The van der Waals surface area contributed by atoms with Gasteiger partial charge >= 0.3 is 5.97 Å². The van der Waals surface area contributed by atoms with Gasteiger partial charge in [-0.3, -0.25) is 9.69 Å². The topological polar surface area (TPSA) is 29.5 Å². The highest BCUT2D eigenvalue weighted by atomic mass is 16.5. The van der Waals surface area contributed by atoms with Gasteiger partial charge in [0, 0.05) is 0 Å². The summed E-state index contributed by atoms with van der Waals surface area (Å²) in [5.41, 5.74) is 1.14. The number of esters is 1. The molecule has 0 aliphatic carbocycles. The molecule has 0 fully saturated rings. The molecule has 3 heteroatoms. The average Bonchev–Trinajstić information content (AvgIpc) is 2.26. The van der Waals surface area contributed by atoms with Crippen LogP contribution >= 0.6 is 0 Å². The Morgan fingerprint density at radius 3 is 2.40 bits per heavy atom. The van der Waals surface area contributed by atoms with Gasteiger partial charge < -0.3 is 4.74 Å². The van der Waals surface area contributed by atoms with Crippen LogP contribution in [0.15, 0.2) is 30.3 Å². The molecule has 0 unspecified atom stereocenters. The molecular formula is C12H17NO2. The Kier molecular flexibility index (Phi) is 4.31. The van der Waals surface area contributed by atoms with E-state index < -0.39 is 0 Å². The van der Waals surface area contributed by atoms with Gasteiger partial charge in [-0.2, -0.15) is 0 Å². The zero-order valence-corrected chi connectivity index (χ0v) is 9.43. The first-order valence-electron chi connectivity index (χ1n) is 4.93. The molecule has 1 aromatic carbocycles. The first kappa shape index (κ1) is 11.7. The van der Waals surface area contributed by atoms with Crippen LogP contribution < -0.4 is 0 Å². The second kappa shape index (κ2) is 5.51. The van der Waals surface area contributed by atoms with Gasteiger partial charge in [-0.15, -0.1) is 0 Å². The van der Waals surface area contributed by atoms with Crippen LogP contribution in [-0.4, -0.2) is 38.1 Å². The quantitative estimate of drug-likeness (QED) is 0.698. The molecule has 0 saturated carbocycles. The highest BCUT2D eigenvalue weighted by Crippen LogP contribution is 2.07. The summed E-state index contributed by atoms with van der Waals surface area (Å²) < 4.78 is 4.77. The van der Waals surface area contributed by atoms with E-state index in [2.05, 4.69) is 0 Å². The van der Waals surface area contributed by atoms with Crippen molar-refractivity contribution in [2.75, 3.05) is 21.2 Å². The molecule has 0 heterocycles. The van der Waals surface area contributed by atoms with Crippen molar-refractivity contribution in [3.63, 3.8) is 0 Å². The van der Waals surface area contributed by atoms with E-state index in [0.717, 1.165) is 5.56 Å². The number of hydrogen-bond donors (Lipinski definition) is 0. The molecule has 0 aromatic heterocycles. The molecule has 1 aromatic rings. The summed E-state index contributed by atoms with van der Waals surface area (Å²) in [6.07, 6.45) is 0.681. The lowest BCUT2D eigenvalue weighted by atomic mass is 10.1. The average molecular weight is 207 g/mol. The van der Waals surface area contributed by atoms with E-state index in [1.165, 1.54) is 7.11 Å². The van der Waals surface area contributed by atoms with Crippen molar-refractivity contribution in [3.8, 4) is 0 Å². The molecule has 0 bridgehead atoms. The Labute approximate surface area is 90.7 Å². The minimum atomic E-state index is -0.211. The van der Waals surface area contributed by atoms with E-state index in [1.807, 2.05) is 49.3 Å². The summed E-state index contributed by atoms with van der Waals surface area (Å²) in [4.78, 5) is 13.4. The standard InChI is InChI=1S/C12H17NO2/c1-13(2)11(12(14)15-3)9-10-7-5-4-6-8-10/h4-8,11H,9H2,1-3H3/t11-/m1/s1. The summed E-state index contributed by atoms with van der Waals surface area (Å²) in [5.74, 6) is -0.191. The summed E-state index contributed by atoms with van der Waals surface area (Å²) >= 11 is 0. The van der Waals surface area contributed by atoms with Crippen LogP contribution in [0, 0.1) is 0 Å². The third-order valence-corrected chi connectivity index (χ3v) is 2.37. The number of likely N-dealkylation sites (N-methyl/N-ethyl adjacent to an activating group) is 1. The number of ether oxygens (including phenoxy) is 1. The first-order valence-corrected chi connectivity index (χ1v) is 4.93. The van der Waals surface area contributed by atoms with Crippen LogP contribution in [0.2, 0.25) is 0 Å². The predicted octanol–water partition coefficient (Wildman–Crippen LogP) is 1.33. The summed E-state index contributed by atoms with van der Waals surface area (Å²) in [6.45, 7) is 0. The Bertz CT molecular complexity index is 309. The monoisotopic (exact) mass is 207 g/mol. The fraction of sp³-hybridized carbons (Fsp3) is 0.417. The molecule has 0 amide bonds. The van der Waals surface area contributed by atoms with Gasteiger partial charge in [0.15, 0.2) is 0 Å². The van der Waals surface area contributed by atoms with Crippen LogP contribution in [0.1, 0.15) is 5.56 Å². The SMILES string of the molecule is COC(=O)[C@@H](Cc1ccccc1)N(C)C. The fourth-order valence-corrected chi connectivity index (χ4v) is 1.45. The third-order valence-electron chi connectivity index (χ3n) is 2.37. The summed E-state index contributed by atoms with van der Waals surface area (Å²) in [7, 11) is 5.18. The van der Waals surface area contributed by atoms with Crippen LogP contribution in [0.25, 0.3) is 0 Å². The van der Waals surface area contributed by atoms with Crippen molar-refractivity contribution in [3.05, 3.63) is 35.9 Å². The Morgan fingerprint density at radius 1 is 1.33 bits per heavy atom. The molecule has 82 valence electrons. The Balaban J connectivity index is 2.72. The van der Waals surface area contributed by atoms with E-state index in [4.69, 9.17) is 4.74 Å². The maximum Gasteiger partial charge on any atom is 0.323 e. The number of methoxy groups -OCH3 is 1. The summed E-state index contributed by atoms with van der Waals surface area (Å²) in [5, 5.41) is 0. The van der Waals surface area contributed by atoms with Gasteiger partial charge in [0.1, 0.15) is 6.04 Å². The van der Waals surface area contributed by atoms with Crippen molar-refractivity contribution in [1.29, 1.82) is 0 Å². The second-order valence-electron chi connectivity index (χ2n) is 3.69. The number of carbonyl (C=O) groups excluding carboxylic acids is 1. The normalized spacial score (nSPS) is 12.5. The van der Waals surface area contributed by atoms with Crippen LogP contribution in [0.5, 0.6) is 0 Å². The molecule has 0 spiro atoms. The molecular weight excluding hydrogens is 190 g/mol. The predicted molar refractivity (Wildman–Crippen MR) is 59.6 cm³/mol. The molecule has 1 rings (SSSR count). The van der Waals surface area contributed by atoms with E-state index in [1.54, 1.807) is 0 Å². The number of rotatable bonds is 4. The van der Waals surface area contributed by atoms with Crippen LogP contribution in [-0.2, 0) is 16.0 Å². The minimum Gasteiger partial charge on any atom is -0.468 e. The number of carbonyl (C=O) groups is 1. The van der Waals surface area contributed by atoms with E-state index in [9.17, 15) is 4.79 Å². The maximum absolute atomic E-state index is 11.5. The largest absolute Gasteiger partial charge is 0.468 e. The fourth-order valence-electron chi connectivity index (χ4n) is 1.45. The number of nitrogens with zero attached hydrogens (tertiary/aromatic N) is 1. The van der Waals surface area contributed by atoms with Gasteiger partial charge in [0.25, 0.3) is 0 Å². The number of benzene rings is 1. The molecule has 0 radical (unpaired) electrons. The zero-order valence-electron chi connectivity index (χ0n) is 9.43. The molecule has 0 aliphatic heterocycles. The smallest absolute Gasteiger partial charge is 0.323 e. The minimum absolute atomic E-state index is 0.191. The lowest BCUT2D eigenvalue weighted by Crippen LogP contribution is -2.38. The molecule has 0 N–H and O–H groups in total. The third kappa shape index (κ3) is 3.36. The van der Waals surface area contributed by atoms with Crippen molar-refractivity contribution >= 4 is 5.97 Å². The van der Waals surface area contributed by atoms with E-state index >= 15 is 0 Å². The van der Waals surface area contributed by atoms with Crippen LogP contribution in [0.3, 0.4) is 0 Å². The molecule has 1 atom stereocenters. The van der Waals surface area contributed by atoms with Crippen LogP contribution in [0.4, 0.5) is 0 Å². The highest BCUT2D eigenvalue weighted by molar-refractivity contribution is 5.76. The van der Waals surface area contributed by atoms with Gasteiger partial charge in [0.2, 0.25) is 0 Å². The van der Waals surface area contributed by atoms with Crippen molar-refractivity contribution in [2.24, 2.45) is 0 Å². The van der Waals surface area contributed by atoms with Crippen molar-refractivity contribution in [2.45, 2.75) is 12.5 Å². The van der Waals surface area contributed by atoms with Gasteiger partial charge in [-0.05, 0) is 26.1 Å².